The van der Waals surface area contributed by atoms with Crippen molar-refractivity contribution in [2.24, 2.45) is 0 Å². The highest BCUT2D eigenvalue weighted by atomic mass is 35.5. The quantitative estimate of drug-likeness (QED) is 0.118. The molecule has 0 radical (unpaired) electrons. The third-order valence-electron chi connectivity index (χ3n) is 7.58. The van der Waals surface area contributed by atoms with Gasteiger partial charge in [-0.25, -0.2) is 29.3 Å². The van der Waals surface area contributed by atoms with Crippen molar-refractivity contribution in [3.05, 3.63) is 125 Å². The molecule has 6 rings (SSSR count). The van der Waals surface area contributed by atoms with Crippen molar-refractivity contribution < 1.29 is 33.3 Å². The number of esters is 3. The molecule has 3 heterocycles. The molecule has 12 heteroatoms. The molecule has 5 aromatic rings. The molecule has 2 aromatic heterocycles. The van der Waals surface area contributed by atoms with Crippen molar-refractivity contribution in [2.45, 2.75) is 37.4 Å². The van der Waals surface area contributed by atoms with Gasteiger partial charge >= 0.3 is 17.9 Å². The molecule has 45 heavy (non-hydrogen) atoms. The van der Waals surface area contributed by atoms with E-state index < -0.39 is 41.9 Å². The molecule has 11 nitrogen and oxygen atoms in total. The number of halogens is 1. The summed E-state index contributed by atoms with van der Waals surface area (Å²) < 4.78 is 26.2. The lowest BCUT2D eigenvalue weighted by Gasteiger charge is -2.37. The average Bonchev–Trinajstić information content (AvgIpc) is 3.64. The maximum atomic E-state index is 13.7. The number of nitrogens with zero attached hydrogens (tertiary/aromatic N) is 4. The second-order valence-corrected chi connectivity index (χ2v) is 10.6. The van der Waals surface area contributed by atoms with E-state index in [1.807, 2.05) is 0 Å². The minimum atomic E-state index is -1.65. The van der Waals surface area contributed by atoms with E-state index in [0.29, 0.717) is 16.7 Å². The van der Waals surface area contributed by atoms with Gasteiger partial charge in [0.15, 0.2) is 28.7 Å². The summed E-state index contributed by atoms with van der Waals surface area (Å²) in [6.45, 7) is 1.45. The summed E-state index contributed by atoms with van der Waals surface area (Å²) in [4.78, 5) is 52.9. The van der Waals surface area contributed by atoms with E-state index >= 15 is 0 Å². The Labute approximate surface area is 262 Å². The van der Waals surface area contributed by atoms with Crippen LogP contribution >= 0.6 is 11.6 Å². The first-order valence-electron chi connectivity index (χ1n) is 14.2. The fourth-order valence-corrected chi connectivity index (χ4v) is 5.52. The Morgan fingerprint density at radius 1 is 0.822 bits per heavy atom. The molecule has 1 aliphatic heterocycles. The summed E-state index contributed by atoms with van der Waals surface area (Å²) >= 11 is 6.30. The number of carbonyl (C=O) groups excluding carboxylic acids is 3. The number of hydrogen-bond acceptors (Lipinski definition) is 10. The average molecular weight is 627 g/mol. The first-order chi connectivity index (χ1) is 21.9. The van der Waals surface area contributed by atoms with Gasteiger partial charge in [0, 0.05) is 0 Å². The van der Waals surface area contributed by atoms with Gasteiger partial charge in [-0.3, -0.25) is 4.57 Å². The van der Waals surface area contributed by atoms with Gasteiger partial charge in [0.1, 0.15) is 24.6 Å². The zero-order valence-electron chi connectivity index (χ0n) is 24.0. The molecule has 0 spiro atoms. The molecule has 3 aromatic carbocycles. The Morgan fingerprint density at radius 2 is 1.40 bits per heavy atom. The van der Waals surface area contributed by atoms with E-state index in [1.54, 1.807) is 102 Å². The Bertz CT molecular complexity index is 1820. The monoisotopic (exact) mass is 626 g/mol. The summed E-state index contributed by atoms with van der Waals surface area (Å²) in [5.74, 6) is -1.96. The molecule has 0 N–H and O–H groups in total. The predicted molar refractivity (Wildman–Crippen MR) is 161 cm³/mol. The lowest BCUT2D eigenvalue weighted by Crippen LogP contribution is -2.52. The molecule has 1 saturated heterocycles. The second-order valence-electron chi connectivity index (χ2n) is 10.2. The zero-order chi connectivity index (χ0) is 31.4. The zero-order valence-corrected chi connectivity index (χ0v) is 24.7. The summed E-state index contributed by atoms with van der Waals surface area (Å²) in [6.07, 6.45) is -0.636. The van der Waals surface area contributed by atoms with Crippen LogP contribution < -0.4 is 0 Å². The number of imidazole rings is 1. The van der Waals surface area contributed by atoms with Gasteiger partial charge in [-0.15, -0.1) is 0 Å². The van der Waals surface area contributed by atoms with Gasteiger partial charge in [-0.2, -0.15) is 0 Å². The lowest BCUT2D eigenvalue weighted by molar-refractivity contribution is -0.121. The maximum Gasteiger partial charge on any atom is 0.338 e. The normalized spacial score (nSPS) is 20.9. The van der Waals surface area contributed by atoms with Gasteiger partial charge in [0.2, 0.25) is 0 Å². The van der Waals surface area contributed by atoms with Gasteiger partial charge in [0.05, 0.1) is 23.0 Å². The largest absolute Gasteiger partial charge is 0.459 e. The Balaban J connectivity index is 1.44. The minimum Gasteiger partial charge on any atom is -0.459 e. The number of fused-ring (bicyclic) bond motifs is 1. The van der Waals surface area contributed by atoms with E-state index in [4.69, 9.17) is 30.5 Å². The molecule has 228 valence electrons. The number of carbonyl (C=O) groups is 3. The Hall–Kier alpha value is -5.13. The van der Waals surface area contributed by atoms with Crippen molar-refractivity contribution in [3.8, 4) is 0 Å². The van der Waals surface area contributed by atoms with Gasteiger partial charge < -0.3 is 18.9 Å². The van der Waals surface area contributed by atoms with Crippen LogP contribution in [0, 0.1) is 0 Å². The number of hydrogen-bond donors (Lipinski definition) is 0. The van der Waals surface area contributed by atoms with Crippen molar-refractivity contribution in [1.29, 1.82) is 0 Å². The number of benzene rings is 3. The second kappa shape index (κ2) is 12.8. The highest BCUT2D eigenvalue weighted by Gasteiger charge is 2.62. The molecule has 0 amide bonds. The van der Waals surface area contributed by atoms with Gasteiger partial charge in [-0.05, 0) is 42.8 Å². The smallest absolute Gasteiger partial charge is 0.338 e. The van der Waals surface area contributed by atoms with E-state index in [2.05, 4.69) is 15.0 Å². The fourth-order valence-electron chi connectivity index (χ4n) is 5.34. The number of aromatic nitrogens is 4. The first kappa shape index (κ1) is 29.9. The predicted octanol–water partition coefficient (Wildman–Crippen LogP) is 5.47. The molecule has 0 saturated carbocycles. The summed E-state index contributed by atoms with van der Waals surface area (Å²) in [5.41, 5.74) is -0.187. The van der Waals surface area contributed by atoms with Crippen LogP contribution in [0.3, 0.4) is 0 Å². The van der Waals surface area contributed by atoms with Crippen molar-refractivity contribution >= 4 is 40.7 Å². The van der Waals surface area contributed by atoms with Crippen LogP contribution in [0.2, 0.25) is 5.15 Å². The van der Waals surface area contributed by atoms with E-state index in [-0.39, 0.29) is 29.3 Å². The highest BCUT2D eigenvalue weighted by Crippen LogP contribution is 2.47. The third kappa shape index (κ3) is 5.87. The Morgan fingerprint density at radius 3 is 2.00 bits per heavy atom. The fraction of sp³-hybridized carbons (Fsp3) is 0.212. The third-order valence-corrected chi connectivity index (χ3v) is 7.86. The maximum absolute atomic E-state index is 13.7. The van der Waals surface area contributed by atoms with Crippen molar-refractivity contribution in [1.82, 2.24) is 19.5 Å². The molecule has 4 atom stereocenters. The Kier molecular flexibility index (Phi) is 8.54. The van der Waals surface area contributed by atoms with E-state index in [0.717, 1.165) is 0 Å². The van der Waals surface area contributed by atoms with Crippen molar-refractivity contribution in [2.75, 3.05) is 6.61 Å². The summed E-state index contributed by atoms with van der Waals surface area (Å²) in [5, 5.41) is 0.112. The van der Waals surface area contributed by atoms with Crippen LogP contribution in [0.5, 0.6) is 0 Å². The molecule has 0 unspecified atom stereocenters. The van der Waals surface area contributed by atoms with Gasteiger partial charge in [0.25, 0.3) is 0 Å². The molecular formula is C33H27ClN4O7. The van der Waals surface area contributed by atoms with Crippen LogP contribution in [0.1, 0.15) is 50.6 Å². The minimum absolute atomic E-state index is 0.112. The molecule has 0 bridgehead atoms. The topological polar surface area (TPSA) is 132 Å². The molecular weight excluding hydrogens is 600 g/mol. The van der Waals surface area contributed by atoms with Crippen LogP contribution in [-0.4, -0.2) is 61.8 Å². The summed E-state index contributed by atoms with van der Waals surface area (Å²) in [6, 6.07) is 25.2. The van der Waals surface area contributed by atoms with Crippen LogP contribution in [0.4, 0.5) is 0 Å². The van der Waals surface area contributed by atoms with Crippen LogP contribution in [-0.2, 0) is 18.9 Å². The highest BCUT2D eigenvalue weighted by molar-refractivity contribution is 6.33. The van der Waals surface area contributed by atoms with Crippen LogP contribution in [0.25, 0.3) is 11.2 Å². The molecule has 0 aliphatic carbocycles. The first-order valence-corrected chi connectivity index (χ1v) is 14.5. The molecule has 1 fully saturated rings. The SMILES string of the molecule is CC[C@@]1(OC(=O)c2ccccc2)[C@H](OC(=O)c2ccccc2)[C@@H](COC(=O)c2ccccc2)O[C@H]1n1cnc2c(Cl)ncnc21. The standard InChI is InChI=1S/C33H27ClN4O7/c1-2-33(45-31(41)23-16-10-5-11-17-23)26(44-30(40)22-14-8-4-9-15-22)24(18-42-29(39)21-12-6-3-7-13-21)43-32(33)38-20-37-25-27(34)35-19-36-28(25)38/h3-17,19-20,24,26,32H,2,18H2,1H3/t24-,26-,32-,33-/m1/s1. The lowest BCUT2D eigenvalue weighted by atomic mass is 9.90. The van der Waals surface area contributed by atoms with Crippen LogP contribution in [0.15, 0.2) is 104 Å². The van der Waals surface area contributed by atoms with E-state index in [9.17, 15) is 14.4 Å². The molecule has 1 aliphatic rings. The van der Waals surface area contributed by atoms with Crippen molar-refractivity contribution in [3.63, 3.8) is 0 Å². The number of rotatable bonds is 9. The summed E-state index contributed by atoms with van der Waals surface area (Å²) in [7, 11) is 0. The van der Waals surface area contributed by atoms with E-state index in [1.165, 1.54) is 12.7 Å². The van der Waals surface area contributed by atoms with Gasteiger partial charge in [-0.1, -0.05) is 73.1 Å². The number of ether oxygens (including phenoxy) is 4.